The van der Waals surface area contributed by atoms with Crippen molar-refractivity contribution in [3.05, 3.63) is 65.2 Å². The van der Waals surface area contributed by atoms with Gasteiger partial charge in [0, 0.05) is 31.4 Å². The average molecular weight is 409 g/mol. The van der Waals surface area contributed by atoms with E-state index in [2.05, 4.69) is 65.7 Å². The van der Waals surface area contributed by atoms with Crippen molar-refractivity contribution in [2.24, 2.45) is 0 Å². The zero-order valence-corrected chi connectivity index (χ0v) is 17.5. The summed E-state index contributed by atoms with van der Waals surface area (Å²) in [6.45, 7) is 6.22. The lowest BCUT2D eigenvalue weighted by molar-refractivity contribution is 0.0333. The normalized spacial score (nSPS) is 21.6. The van der Waals surface area contributed by atoms with Gasteiger partial charge in [-0.2, -0.15) is 0 Å². The van der Waals surface area contributed by atoms with Crippen molar-refractivity contribution in [3.8, 4) is 0 Å². The molecule has 3 nitrogen and oxygen atoms in total. The molecule has 0 spiro atoms. The van der Waals surface area contributed by atoms with Crippen molar-refractivity contribution in [3.63, 3.8) is 0 Å². The van der Waals surface area contributed by atoms with Gasteiger partial charge in [-0.05, 0) is 49.4 Å². The highest BCUT2D eigenvalue weighted by Crippen LogP contribution is 2.31. The Morgan fingerprint density at radius 2 is 1.81 bits per heavy atom. The van der Waals surface area contributed by atoms with Crippen LogP contribution in [0, 0.1) is 6.92 Å². The fourth-order valence-corrected chi connectivity index (χ4v) is 4.08. The van der Waals surface area contributed by atoms with Crippen molar-refractivity contribution >= 4 is 30.5 Å². The summed E-state index contributed by atoms with van der Waals surface area (Å²) >= 11 is 0. The molecule has 2 aromatic carbocycles. The SMILES string of the molecule is Cc1ccc(N2CCNC(CCC3OCCc4ccccc43)C2)cc1.Cl.Cl. The van der Waals surface area contributed by atoms with Gasteiger partial charge in [0.2, 0.25) is 0 Å². The lowest BCUT2D eigenvalue weighted by Gasteiger charge is -2.36. The summed E-state index contributed by atoms with van der Waals surface area (Å²) in [4.78, 5) is 2.51. The Morgan fingerprint density at radius 1 is 1.04 bits per heavy atom. The van der Waals surface area contributed by atoms with Gasteiger partial charge in [-0.3, -0.25) is 0 Å². The first-order valence-corrected chi connectivity index (χ1v) is 9.54. The van der Waals surface area contributed by atoms with Crippen LogP contribution in [0.5, 0.6) is 0 Å². The summed E-state index contributed by atoms with van der Waals surface area (Å²) < 4.78 is 6.08. The number of hydrogen-bond acceptors (Lipinski definition) is 3. The molecule has 0 radical (unpaired) electrons. The smallest absolute Gasteiger partial charge is 0.0828 e. The first-order valence-electron chi connectivity index (χ1n) is 9.54. The zero-order chi connectivity index (χ0) is 17.1. The number of ether oxygens (including phenoxy) is 1. The van der Waals surface area contributed by atoms with Crippen LogP contribution in [0.3, 0.4) is 0 Å². The van der Waals surface area contributed by atoms with Gasteiger partial charge in [0.05, 0.1) is 12.7 Å². The van der Waals surface area contributed by atoms with Gasteiger partial charge in [-0.25, -0.2) is 0 Å². The van der Waals surface area contributed by atoms with E-state index in [1.54, 1.807) is 0 Å². The Morgan fingerprint density at radius 3 is 2.63 bits per heavy atom. The summed E-state index contributed by atoms with van der Waals surface area (Å²) in [6, 6.07) is 18.2. The summed E-state index contributed by atoms with van der Waals surface area (Å²) in [6.07, 6.45) is 3.56. The Labute approximate surface area is 175 Å². The minimum atomic E-state index is 0. The van der Waals surface area contributed by atoms with E-state index in [1.807, 2.05) is 0 Å². The van der Waals surface area contributed by atoms with Crippen LogP contribution in [0.15, 0.2) is 48.5 Å². The Kier molecular flexibility index (Phi) is 8.43. The lowest BCUT2D eigenvalue weighted by Crippen LogP contribution is -2.50. The molecule has 27 heavy (non-hydrogen) atoms. The molecule has 4 rings (SSSR count). The van der Waals surface area contributed by atoms with E-state index in [0.29, 0.717) is 6.04 Å². The molecule has 0 saturated carbocycles. The second-order valence-corrected chi connectivity index (χ2v) is 7.32. The summed E-state index contributed by atoms with van der Waals surface area (Å²) in [5.74, 6) is 0. The molecular formula is C22H30Cl2N2O. The number of halogens is 2. The molecule has 2 aliphatic heterocycles. The zero-order valence-electron chi connectivity index (χ0n) is 15.9. The molecule has 0 bridgehead atoms. The molecule has 1 N–H and O–H groups in total. The Hall–Kier alpha value is -1.26. The van der Waals surface area contributed by atoms with Crippen LogP contribution in [0.2, 0.25) is 0 Å². The standard InChI is InChI=1S/C22H28N2O.2ClH/c1-17-6-9-20(10-7-17)24-14-13-23-19(16-24)8-11-22-21-5-3-2-4-18(21)12-15-25-22;;/h2-7,9-10,19,22-23H,8,11-16H2,1H3;2*1H. The van der Waals surface area contributed by atoms with E-state index in [0.717, 1.165) is 45.5 Å². The molecule has 0 amide bonds. The number of nitrogens with zero attached hydrogens (tertiary/aromatic N) is 1. The number of piperazine rings is 1. The third kappa shape index (κ3) is 5.39. The quantitative estimate of drug-likeness (QED) is 0.792. The number of benzene rings is 2. The third-order valence-electron chi connectivity index (χ3n) is 5.52. The predicted molar refractivity (Wildman–Crippen MR) is 118 cm³/mol. The van der Waals surface area contributed by atoms with Crippen LogP contribution in [0.25, 0.3) is 0 Å². The van der Waals surface area contributed by atoms with Crippen molar-refractivity contribution in [2.45, 2.75) is 38.3 Å². The van der Waals surface area contributed by atoms with Gasteiger partial charge in [-0.15, -0.1) is 24.8 Å². The van der Waals surface area contributed by atoms with Gasteiger partial charge in [0.25, 0.3) is 0 Å². The maximum atomic E-state index is 6.08. The van der Waals surface area contributed by atoms with Crippen LogP contribution in [-0.4, -0.2) is 32.3 Å². The fourth-order valence-electron chi connectivity index (χ4n) is 4.08. The third-order valence-corrected chi connectivity index (χ3v) is 5.52. The van der Waals surface area contributed by atoms with E-state index in [-0.39, 0.29) is 30.9 Å². The number of fused-ring (bicyclic) bond motifs is 1. The molecule has 2 aliphatic rings. The van der Waals surface area contributed by atoms with Crippen LogP contribution < -0.4 is 10.2 Å². The maximum absolute atomic E-state index is 6.08. The Balaban J connectivity index is 0.00000131. The monoisotopic (exact) mass is 408 g/mol. The summed E-state index contributed by atoms with van der Waals surface area (Å²) in [7, 11) is 0. The second-order valence-electron chi connectivity index (χ2n) is 7.32. The van der Waals surface area contributed by atoms with Gasteiger partial charge >= 0.3 is 0 Å². The number of aryl methyl sites for hydroxylation is 1. The maximum Gasteiger partial charge on any atom is 0.0828 e. The average Bonchev–Trinajstić information content (AvgIpc) is 2.67. The number of hydrogen-bond donors (Lipinski definition) is 1. The Bertz CT molecular complexity index is 708. The highest BCUT2D eigenvalue weighted by atomic mass is 35.5. The van der Waals surface area contributed by atoms with Gasteiger partial charge in [0.1, 0.15) is 0 Å². The molecule has 2 atom stereocenters. The topological polar surface area (TPSA) is 24.5 Å². The lowest BCUT2D eigenvalue weighted by atomic mass is 9.93. The molecule has 5 heteroatoms. The van der Waals surface area contributed by atoms with Crippen molar-refractivity contribution in [2.75, 3.05) is 31.1 Å². The highest BCUT2D eigenvalue weighted by Gasteiger charge is 2.24. The van der Waals surface area contributed by atoms with Gasteiger partial charge < -0.3 is 15.0 Å². The van der Waals surface area contributed by atoms with Gasteiger partial charge in [-0.1, -0.05) is 42.0 Å². The molecule has 1 saturated heterocycles. The van der Waals surface area contributed by atoms with E-state index in [9.17, 15) is 0 Å². The molecule has 148 valence electrons. The first kappa shape index (κ1) is 22.0. The second kappa shape index (κ2) is 10.3. The van der Waals surface area contributed by atoms with Crippen LogP contribution in [-0.2, 0) is 11.2 Å². The molecular weight excluding hydrogens is 379 g/mol. The van der Waals surface area contributed by atoms with Crippen molar-refractivity contribution < 1.29 is 4.74 Å². The predicted octanol–water partition coefficient (Wildman–Crippen LogP) is 4.71. The summed E-state index contributed by atoms with van der Waals surface area (Å²) in [5, 5.41) is 3.70. The largest absolute Gasteiger partial charge is 0.373 e. The van der Waals surface area contributed by atoms with E-state index >= 15 is 0 Å². The fraction of sp³-hybridized carbons (Fsp3) is 0.455. The first-order chi connectivity index (χ1) is 12.3. The molecule has 2 aromatic rings. The number of nitrogens with one attached hydrogen (secondary N) is 1. The van der Waals surface area contributed by atoms with Crippen LogP contribution in [0.1, 0.15) is 35.6 Å². The van der Waals surface area contributed by atoms with Crippen molar-refractivity contribution in [1.29, 1.82) is 0 Å². The summed E-state index contributed by atoms with van der Waals surface area (Å²) in [5.41, 5.74) is 5.54. The van der Waals surface area contributed by atoms with Crippen molar-refractivity contribution in [1.82, 2.24) is 5.32 Å². The van der Waals surface area contributed by atoms with E-state index in [4.69, 9.17) is 4.74 Å². The minimum absolute atomic E-state index is 0. The molecule has 0 aromatic heterocycles. The molecule has 2 unspecified atom stereocenters. The molecule has 1 fully saturated rings. The van der Waals surface area contributed by atoms with Gasteiger partial charge in [0.15, 0.2) is 0 Å². The highest BCUT2D eigenvalue weighted by molar-refractivity contribution is 5.85. The molecule has 0 aliphatic carbocycles. The molecule has 2 heterocycles. The van der Waals surface area contributed by atoms with E-state index < -0.39 is 0 Å². The number of anilines is 1. The van der Waals surface area contributed by atoms with E-state index in [1.165, 1.54) is 22.4 Å². The minimum Gasteiger partial charge on any atom is -0.373 e. The number of rotatable bonds is 4. The van der Waals surface area contributed by atoms with Crippen LogP contribution in [0.4, 0.5) is 5.69 Å². The van der Waals surface area contributed by atoms with Crippen LogP contribution >= 0.6 is 24.8 Å².